The second-order valence-electron chi connectivity index (χ2n) is 5.53. The Labute approximate surface area is 191 Å². The molecule has 0 atom stereocenters. The van der Waals surface area contributed by atoms with Crippen LogP contribution in [0.15, 0.2) is 53.3 Å². The maximum atomic E-state index is 13.6. The van der Waals surface area contributed by atoms with Gasteiger partial charge in [-0.2, -0.15) is 20.2 Å². The first-order chi connectivity index (χ1) is 12.1. The largest absolute Gasteiger partial charge is 2.00 e. The summed E-state index contributed by atoms with van der Waals surface area (Å²) in [4.78, 5) is 0. The Morgan fingerprint density at radius 1 is 1.22 bits per heavy atom. The molecule has 1 aromatic rings. The number of benzene rings is 1. The minimum atomic E-state index is -4.62. The summed E-state index contributed by atoms with van der Waals surface area (Å²) in [5.41, 5.74) is 1.37. The first-order valence-corrected chi connectivity index (χ1v) is 8.54. The van der Waals surface area contributed by atoms with Gasteiger partial charge >= 0.3 is 37.3 Å². The molecule has 0 saturated heterocycles. The fourth-order valence-corrected chi connectivity index (χ4v) is 2.80. The summed E-state index contributed by atoms with van der Waals surface area (Å²) in [5, 5.41) is 13.2. The zero-order valence-electron chi connectivity index (χ0n) is 15.2. The molecule has 1 rings (SSSR count). The Balaban J connectivity index is 0.00000676. The number of alkyl halides is 3. The van der Waals surface area contributed by atoms with E-state index in [4.69, 9.17) is 28.3 Å². The fourth-order valence-electron chi connectivity index (χ4n) is 2.27. The third-order valence-corrected chi connectivity index (χ3v) is 3.95. The van der Waals surface area contributed by atoms with Crippen LogP contribution in [0.2, 0.25) is 10.0 Å². The Morgan fingerprint density at radius 3 is 2.19 bits per heavy atom. The molecule has 0 bridgehead atoms. The van der Waals surface area contributed by atoms with Gasteiger partial charge in [-0.3, -0.25) is 0 Å². The minimum Gasteiger partial charge on any atom is -0.730 e. The van der Waals surface area contributed by atoms with Gasteiger partial charge in [-0.15, -0.1) is 23.8 Å². The Hall–Kier alpha value is -0.508. The summed E-state index contributed by atoms with van der Waals surface area (Å²) in [6.45, 7) is 3.46. The molecule has 0 unspecified atom stereocenters. The Morgan fingerprint density at radius 2 is 1.78 bits per heavy atom. The molecule has 0 aliphatic heterocycles. The summed E-state index contributed by atoms with van der Waals surface area (Å²) in [6.07, 6.45) is 0.146. The molecule has 1 aromatic carbocycles. The third kappa shape index (κ3) is 8.58. The summed E-state index contributed by atoms with van der Waals surface area (Å²) in [6, 6.07) is 3.79. The van der Waals surface area contributed by atoms with Crippen LogP contribution in [0.4, 0.5) is 13.2 Å². The van der Waals surface area contributed by atoms with Gasteiger partial charge in [-0.05, 0) is 32.3 Å². The summed E-state index contributed by atoms with van der Waals surface area (Å²) < 4.78 is 40.9. The van der Waals surface area contributed by atoms with E-state index in [0.717, 1.165) is 11.6 Å². The van der Waals surface area contributed by atoms with Gasteiger partial charge in [-0.1, -0.05) is 46.5 Å². The number of halogens is 5. The van der Waals surface area contributed by atoms with Crippen molar-refractivity contribution in [2.75, 3.05) is 13.7 Å². The Kier molecular flexibility index (Phi) is 11.9. The fraction of sp³-hybridized carbons (Fsp3) is 0.316. The molecular weight excluding hydrogens is 624 g/mol. The first-order valence-electron chi connectivity index (χ1n) is 7.79. The van der Waals surface area contributed by atoms with Crippen molar-refractivity contribution < 1.29 is 49.4 Å². The average Bonchev–Trinajstić information content (AvgIpc) is 2.52. The maximum Gasteiger partial charge on any atom is 2.00 e. The normalized spacial score (nSPS) is 13.3. The summed E-state index contributed by atoms with van der Waals surface area (Å²) >= 11 is 11.7. The van der Waals surface area contributed by atoms with E-state index in [2.05, 4.69) is 5.32 Å². The molecule has 0 aliphatic carbocycles. The predicted molar refractivity (Wildman–Crippen MR) is 101 cm³/mol. The molecule has 0 heterocycles. The standard InChI is InChI=1S/C19H20Cl2F3NO.U/c1-4-13(7-12(2)5-6-26)18(25-3)11-17(19(22,23)24)14-8-15(20)10-16(21)9-14;/h4,7-11,26H,5-6H2,1-3H3;/q-2;+2/b12-7-,13-4+,18-11?;. The third-order valence-electron chi connectivity index (χ3n) is 3.52. The van der Waals surface area contributed by atoms with E-state index >= 15 is 0 Å². The van der Waals surface area contributed by atoms with E-state index in [1.807, 2.05) is 0 Å². The van der Waals surface area contributed by atoms with Crippen LogP contribution < -0.4 is 0 Å². The van der Waals surface area contributed by atoms with Crippen LogP contribution in [-0.2, 0) is 0 Å². The number of hydrogen-bond acceptors (Lipinski definition) is 1. The minimum absolute atomic E-state index is 0. The van der Waals surface area contributed by atoms with Crippen LogP contribution in [0.3, 0.4) is 0 Å². The number of hydrogen-bond donors (Lipinski definition) is 1. The van der Waals surface area contributed by atoms with E-state index in [1.54, 1.807) is 26.0 Å². The van der Waals surface area contributed by atoms with Crippen LogP contribution in [0, 0.1) is 37.0 Å². The van der Waals surface area contributed by atoms with Gasteiger partial charge in [-0.25, -0.2) is 5.70 Å². The van der Waals surface area contributed by atoms with Crippen molar-refractivity contribution in [2.24, 2.45) is 0 Å². The van der Waals surface area contributed by atoms with Gasteiger partial charge in [0.25, 0.3) is 0 Å². The smallest absolute Gasteiger partial charge is 0.730 e. The van der Waals surface area contributed by atoms with E-state index in [0.29, 0.717) is 12.0 Å². The van der Waals surface area contributed by atoms with E-state index in [1.165, 1.54) is 25.2 Å². The number of aliphatic hydroxyl groups excluding tert-OH is 1. The van der Waals surface area contributed by atoms with Gasteiger partial charge in [0, 0.05) is 16.7 Å². The molecule has 2 nitrogen and oxygen atoms in total. The zero-order valence-corrected chi connectivity index (χ0v) is 20.8. The average molecular weight is 644 g/mol. The first kappa shape index (κ1) is 26.5. The van der Waals surface area contributed by atoms with Gasteiger partial charge in [0.2, 0.25) is 0 Å². The molecule has 0 spiro atoms. The number of allylic oxidation sites excluding steroid dienone is 3. The molecule has 0 aromatic heterocycles. The van der Waals surface area contributed by atoms with Crippen LogP contribution >= 0.6 is 23.2 Å². The Bertz CT molecular complexity index is 695. The van der Waals surface area contributed by atoms with Gasteiger partial charge in [0.15, 0.2) is 0 Å². The summed E-state index contributed by atoms with van der Waals surface area (Å²) in [7, 11) is 1.42. The molecule has 0 saturated carbocycles. The van der Waals surface area contributed by atoms with Crippen molar-refractivity contribution in [1.82, 2.24) is 0 Å². The molecule has 0 radical (unpaired) electrons. The van der Waals surface area contributed by atoms with Crippen LogP contribution in [0.5, 0.6) is 0 Å². The molecule has 0 amide bonds. The second kappa shape index (κ2) is 12.1. The van der Waals surface area contributed by atoms with Crippen LogP contribution in [-0.4, -0.2) is 24.9 Å². The van der Waals surface area contributed by atoms with Crippen molar-refractivity contribution in [2.45, 2.75) is 26.4 Å². The van der Waals surface area contributed by atoms with Crippen molar-refractivity contribution in [1.29, 1.82) is 0 Å². The molecule has 1 N–H and O–H groups in total. The van der Waals surface area contributed by atoms with Crippen molar-refractivity contribution in [3.05, 3.63) is 80.1 Å². The molecule has 8 heteroatoms. The van der Waals surface area contributed by atoms with Crippen molar-refractivity contribution in [3.8, 4) is 0 Å². The van der Waals surface area contributed by atoms with E-state index < -0.39 is 12.1 Å². The number of rotatable bonds is 7. The second-order valence-corrected chi connectivity index (χ2v) is 6.40. The molecule has 0 fully saturated rings. The number of likely N-dealkylation sites (N-methyl/N-ethyl adjacent to an activating group) is 1. The van der Waals surface area contributed by atoms with Crippen LogP contribution in [0.25, 0.3) is 5.32 Å². The quantitative estimate of drug-likeness (QED) is 0.262. The van der Waals surface area contributed by atoms with Gasteiger partial charge < -0.3 is 10.4 Å². The van der Waals surface area contributed by atoms with Gasteiger partial charge in [0.05, 0.1) is 0 Å². The molecule has 146 valence electrons. The van der Waals surface area contributed by atoms with Crippen LogP contribution in [0.1, 0.15) is 25.8 Å². The number of aliphatic hydroxyl groups is 1. The SMILES string of the molecule is C/C=C(\C=C(\C)CCO)C(=C[C-](c1cc(Cl)cc(Cl)c1)C(F)(F)F)[N-]C.[U+2]. The van der Waals surface area contributed by atoms with E-state index in [-0.39, 0.29) is 59.0 Å². The molecule has 27 heavy (non-hydrogen) atoms. The summed E-state index contributed by atoms with van der Waals surface area (Å²) in [5.74, 6) is -0.893. The van der Waals surface area contributed by atoms with E-state index in [9.17, 15) is 13.2 Å². The van der Waals surface area contributed by atoms with Crippen molar-refractivity contribution >= 4 is 23.2 Å². The molecule has 0 aliphatic rings. The maximum absolute atomic E-state index is 13.6. The monoisotopic (exact) mass is 643 g/mol. The molecular formula is C19H20Cl2F3NOU. The van der Waals surface area contributed by atoms with Crippen molar-refractivity contribution in [3.63, 3.8) is 0 Å². The topological polar surface area (TPSA) is 34.3 Å². The predicted octanol–water partition coefficient (Wildman–Crippen LogP) is 6.64. The number of nitrogens with zero attached hydrogens (tertiary/aromatic N) is 1. The van der Waals surface area contributed by atoms with Gasteiger partial charge in [0.1, 0.15) is 0 Å². The zero-order chi connectivity index (χ0) is 19.9.